The van der Waals surface area contributed by atoms with Crippen molar-refractivity contribution in [3.8, 4) is 5.75 Å². The number of esters is 1. The van der Waals surface area contributed by atoms with Crippen LogP contribution in [0.25, 0.3) is 6.08 Å². The largest absolute Gasteiger partial charge is 0.496 e. The molecule has 0 saturated carbocycles. The molecule has 0 unspecified atom stereocenters. The number of ether oxygens (including phenoxy) is 2. The first-order valence-corrected chi connectivity index (χ1v) is 10.9. The van der Waals surface area contributed by atoms with E-state index in [0.717, 1.165) is 67.2 Å². The van der Waals surface area contributed by atoms with E-state index in [0.29, 0.717) is 0 Å². The van der Waals surface area contributed by atoms with E-state index in [2.05, 4.69) is 23.1 Å². The smallest absolute Gasteiger partial charge is 0.303 e. The molecule has 0 N–H and O–H groups in total. The van der Waals surface area contributed by atoms with Crippen LogP contribution in [-0.2, 0) is 21.6 Å². The monoisotopic (exact) mass is 425 g/mol. The van der Waals surface area contributed by atoms with Crippen molar-refractivity contribution in [3.05, 3.63) is 69.8 Å². The third-order valence-electron chi connectivity index (χ3n) is 6.25. The standard InChI is InChI=1S/C25H28ClNO3/c1-18(28)30-25(20-6-4-3-5-7-20)12-14-27(15-13-25)17-19-8-9-21-22(16-19)23(26)10-11-24(21)29-2/h3-7,10-11,16H,8-9,12-15,17H2,1-2H3. The molecule has 0 spiro atoms. The Balaban J connectivity index is 1.48. The second-order valence-corrected chi connectivity index (χ2v) is 8.58. The van der Waals surface area contributed by atoms with Crippen LogP contribution in [0.5, 0.6) is 5.75 Å². The second kappa shape index (κ2) is 8.83. The van der Waals surface area contributed by atoms with Gasteiger partial charge in [-0.3, -0.25) is 9.69 Å². The molecule has 1 fully saturated rings. The number of fused-ring (bicyclic) bond motifs is 1. The van der Waals surface area contributed by atoms with Gasteiger partial charge >= 0.3 is 5.97 Å². The van der Waals surface area contributed by atoms with Crippen LogP contribution in [0.15, 0.2) is 48.0 Å². The first-order chi connectivity index (χ1) is 14.5. The van der Waals surface area contributed by atoms with E-state index in [1.165, 1.54) is 18.1 Å². The first kappa shape index (κ1) is 21.0. The van der Waals surface area contributed by atoms with Gasteiger partial charge in [0.2, 0.25) is 0 Å². The van der Waals surface area contributed by atoms with Gasteiger partial charge in [0.25, 0.3) is 0 Å². The van der Waals surface area contributed by atoms with Gasteiger partial charge in [0.05, 0.1) is 7.11 Å². The first-order valence-electron chi connectivity index (χ1n) is 10.5. The average molecular weight is 426 g/mol. The zero-order valence-electron chi connectivity index (χ0n) is 17.6. The van der Waals surface area contributed by atoms with E-state index in [-0.39, 0.29) is 5.97 Å². The summed E-state index contributed by atoms with van der Waals surface area (Å²) in [6.45, 7) is 4.19. The molecule has 2 aromatic rings. The Morgan fingerprint density at radius 2 is 1.83 bits per heavy atom. The lowest BCUT2D eigenvalue weighted by Crippen LogP contribution is -2.45. The highest BCUT2D eigenvalue weighted by Crippen LogP contribution is 2.39. The van der Waals surface area contributed by atoms with E-state index in [1.807, 2.05) is 30.3 Å². The van der Waals surface area contributed by atoms with Crippen molar-refractivity contribution in [1.29, 1.82) is 0 Å². The topological polar surface area (TPSA) is 38.8 Å². The Labute approximate surface area is 183 Å². The number of piperidine rings is 1. The fraction of sp³-hybridized carbons (Fsp3) is 0.400. The summed E-state index contributed by atoms with van der Waals surface area (Å²) in [5, 5.41) is 0.777. The maximum Gasteiger partial charge on any atom is 0.303 e. The van der Waals surface area contributed by atoms with E-state index in [4.69, 9.17) is 21.1 Å². The highest BCUT2D eigenvalue weighted by molar-refractivity contribution is 6.32. The predicted molar refractivity (Wildman–Crippen MR) is 120 cm³/mol. The molecule has 0 atom stereocenters. The number of halogens is 1. The van der Waals surface area contributed by atoms with E-state index >= 15 is 0 Å². The maximum atomic E-state index is 11.8. The Morgan fingerprint density at radius 1 is 1.10 bits per heavy atom. The van der Waals surface area contributed by atoms with Crippen LogP contribution in [0.1, 0.15) is 42.9 Å². The number of likely N-dealkylation sites (tertiary alicyclic amines) is 1. The molecule has 1 saturated heterocycles. The summed E-state index contributed by atoms with van der Waals surface area (Å²) in [4.78, 5) is 14.3. The second-order valence-electron chi connectivity index (χ2n) is 8.17. The lowest BCUT2D eigenvalue weighted by atomic mass is 9.83. The van der Waals surface area contributed by atoms with E-state index < -0.39 is 5.60 Å². The van der Waals surface area contributed by atoms with Crippen molar-refractivity contribution in [2.24, 2.45) is 0 Å². The van der Waals surface area contributed by atoms with Gasteiger partial charge in [-0.15, -0.1) is 0 Å². The van der Waals surface area contributed by atoms with Gasteiger partial charge in [0.1, 0.15) is 11.4 Å². The molecular weight excluding hydrogens is 398 g/mol. The number of hydrogen-bond donors (Lipinski definition) is 0. The quantitative estimate of drug-likeness (QED) is 0.614. The molecule has 0 radical (unpaired) electrons. The number of carbonyl (C=O) groups excluding carboxylic acids is 1. The van der Waals surface area contributed by atoms with Crippen molar-refractivity contribution < 1.29 is 14.3 Å². The van der Waals surface area contributed by atoms with Gasteiger partial charge < -0.3 is 9.47 Å². The average Bonchev–Trinajstić information content (AvgIpc) is 2.76. The van der Waals surface area contributed by atoms with Gasteiger partial charge in [-0.1, -0.05) is 53.6 Å². The molecule has 1 aliphatic heterocycles. The third kappa shape index (κ3) is 4.26. The summed E-state index contributed by atoms with van der Waals surface area (Å²) in [5.41, 5.74) is 4.24. The van der Waals surface area contributed by atoms with Gasteiger partial charge in [0.15, 0.2) is 0 Å². The fourth-order valence-electron chi connectivity index (χ4n) is 4.73. The Morgan fingerprint density at radius 3 is 2.50 bits per heavy atom. The molecule has 30 heavy (non-hydrogen) atoms. The van der Waals surface area contributed by atoms with Crippen molar-refractivity contribution in [2.45, 2.75) is 38.2 Å². The molecule has 1 heterocycles. The lowest BCUT2D eigenvalue weighted by molar-refractivity contribution is -0.164. The van der Waals surface area contributed by atoms with Crippen molar-refractivity contribution in [2.75, 3.05) is 26.7 Å². The van der Waals surface area contributed by atoms with Crippen LogP contribution in [0.3, 0.4) is 0 Å². The number of rotatable bonds is 5. The number of nitrogens with zero attached hydrogens (tertiary/aromatic N) is 1. The number of methoxy groups -OCH3 is 1. The van der Waals surface area contributed by atoms with Crippen molar-refractivity contribution in [1.82, 2.24) is 4.90 Å². The van der Waals surface area contributed by atoms with E-state index in [9.17, 15) is 4.79 Å². The van der Waals surface area contributed by atoms with Gasteiger partial charge in [0, 0.05) is 50.0 Å². The summed E-state index contributed by atoms with van der Waals surface area (Å²) in [5.74, 6) is 0.694. The predicted octanol–water partition coefficient (Wildman–Crippen LogP) is 5.23. The molecule has 0 bridgehead atoms. The van der Waals surface area contributed by atoms with Crippen LogP contribution in [-0.4, -0.2) is 37.6 Å². The molecule has 2 aliphatic rings. The highest BCUT2D eigenvalue weighted by Gasteiger charge is 2.39. The van der Waals surface area contributed by atoms with Crippen LogP contribution in [0, 0.1) is 0 Å². The van der Waals surface area contributed by atoms with Crippen molar-refractivity contribution >= 4 is 23.6 Å². The minimum atomic E-state index is -0.520. The Hall–Kier alpha value is -2.30. The van der Waals surface area contributed by atoms with Crippen LogP contribution in [0.4, 0.5) is 0 Å². The molecular formula is C25H28ClNO3. The number of benzene rings is 2. The molecule has 1 aliphatic carbocycles. The SMILES string of the molecule is COc1ccc(Cl)c2c1CCC(CN1CCC(OC(C)=O)(c3ccccc3)CC1)=C2. The fourth-order valence-corrected chi connectivity index (χ4v) is 4.97. The molecule has 2 aromatic carbocycles. The summed E-state index contributed by atoms with van der Waals surface area (Å²) in [6, 6.07) is 14.0. The molecule has 0 amide bonds. The Bertz CT molecular complexity index is 946. The summed E-state index contributed by atoms with van der Waals surface area (Å²) in [6.07, 6.45) is 5.78. The van der Waals surface area contributed by atoms with Gasteiger partial charge in [-0.25, -0.2) is 0 Å². The maximum absolute atomic E-state index is 11.8. The van der Waals surface area contributed by atoms with Gasteiger partial charge in [-0.05, 0) is 36.1 Å². The molecule has 158 valence electrons. The van der Waals surface area contributed by atoms with Crippen LogP contribution in [0.2, 0.25) is 5.02 Å². The zero-order chi connectivity index (χ0) is 21.1. The third-order valence-corrected chi connectivity index (χ3v) is 6.58. The summed E-state index contributed by atoms with van der Waals surface area (Å²) in [7, 11) is 1.71. The number of hydrogen-bond acceptors (Lipinski definition) is 4. The summed E-state index contributed by atoms with van der Waals surface area (Å²) < 4.78 is 11.4. The van der Waals surface area contributed by atoms with Crippen LogP contribution < -0.4 is 4.74 Å². The lowest BCUT2D eigenvalue weighted by Gasteiger charge is -2.41. The Kier molecular flexibility index (Phi) is 6.16. The summed E-state index contributed by atoms with van der Waals surface area (Å²) >= 11 is 6.47. The van der Waals surface area contributed by atoms with E-state index in [1.54, 1.807) is 7.11 Å². The normalized spacial score (nSPS) is 18.3. The minimum Gasteiger partial charge on any atom is -0.496 e. The highest BCUT2D eigenvalue weighted by atomic mass is 35.5. The molecule has 0 aromatic heterocycles. The van der Waals surface area contributed by atoms with Gasteiger partial charge in [-0.2, -0.15) is 0 Å². The molecule has 4 rings (SSSR count). The minimum absolute atomic E-state index is 0.220. The molecule has 5 heteroatoms. The van der Waals surface area contributed by atoms with Crippen molar-refractivity contribution in [3.63, 3.8) is 0 Å². The zero-order valence-corrected chi connectivity index (χ0v) is 18.4. The number of carbonyl (C=O) groups is 1. The van der Waals surface area contributed by atoms with Crippen LogP contribution >= 0.6 is 11.6 Å². The molecule has 4 nitrogen and oxygen atoms in total.